The van der Waals surface area contributed by atoms with Crippen LogP contribution in [0.25, 0.3) is 0 Å². The standard InChI is InChI=1S/C14H22N4S/c1-4-6-15-12(14-11(3)17-10-19-14)9-13-16-7-8-18(13)5-2/h7-8,10,12,15H,4-6,9H2,1-3H3. The van der Waals surface area contributed by atoms with E-state index in [1.807, 2.05) is 17.9 Å². The minimum atomic E-state index is 0.320. The van der Waals surface area contributed by atoms with Crippen LogP contribution in [0.3, 0.4) is 0 Å². The van der Waals surface area contributed by atoms with Crippen LogP contribution in [-0.4, -0.2) is 21.1 Å². The Bertz CT molecular complexity index is 503. The van der Waals surface area contributed by atoms with E-state index >= 15 is 0 Å². The van der Waals surface area contributed by atoms with Crippen molar-refractivity contribution in [1.29, 1.82) is 0 Å². The van der Waals surface area contributed by atoms with Crippen LogP contribution in [-0.2, 0) is 13.0 Å². The largest absolute Gasteiger partial charge is 0.335 e. The van der Waals surface area contributed by atoms with Gasteiger partial charge in [0.15, 0.2) is 0 Å². The van der Waals surface area contributed by atoms with Gasteiger partial charge in [-0.3, -0.25) is 0 Å². The summed E-state index contributed by atoms with van der Waals surface area (Å²) in [6, 6.07) is 0.320. The van der Waals surface area contributed by atoms with Crippen molar-refractivity contribution >= 4 is 11.3 Å². The number of rotatable bonds is 7. The molecular weight excluding hydrogens is 256 g/mol. The molecule has 1 unspecified atom stereocenters. The number of imidazole rings is 1. The molecule has 0 aliphatic rings. The van der Waals surface area contributed by atoms with Gasteiger partial charge in [0.05, 0.1) is 17.2 Å². The average molecular weight is 278 g/mol. The Morgan fingerprint density at radius 1 is 1.37 bits per heavy atom. The molecule has 1 N–H and O–H groups in total. The Morgan fingerprint density at radius 2 is 2.21 bits per heavy atom. The van der Waals surface area contributed by atoms with Gasteiger partial charge >= 0.3 is 0 Å². The molecule has 0 saturated heterocycles. The van der Waals surface area contributed by atoms with Crippen molar-refractivity contribution < 1.29 is 0 Å². The van der Waals surface area contributed by atoms with Gasteiger partial charge in [-0.05, 0) is 26.8 Å². The van der Waals surface area contributed by atoms with Crippen LogP contribution in [0, 0.1) is 6.92 Å². The van der Waals surface area contributed by atoms with E-state index in [-0.39, 0.29) is 0 Å². The SMILES string of the molecule is CCCNC(Cc1nccn1CC)c1scnc1C. The van der Waals surface area contributed by atoms with Crippen LogP contribution in [0.1, 0.15) is 42.7 Å². The van der Waals surface area contributed by atoms with Gasteiger partial charge in [0, 0.05) is 30.2 Å². The molecule has 1 atom stereocenters. The third kappa shape index (κ3) is 3.42. The zero-order valence-electron chi connectivity index (χ0n) is 11.9. The third-order valence-corrected chi connectivity index (χ3v) is 4.31. The molecule has 0 aliphatic heterocycles. The lowest BCUT2D eigenvalue weighted by molar-refractivity contribution is 0.510. The summed E-state index contributed by atoms with van der Waals surface area (Å²) in [4.78, 5) is 10.2. The Kier molecular flexibility index (Phi) is 5.10. The maximum Gasteiger partial charge on any atom is 0.110 e. The second-order valence-corrected chi connectivity index (χ2v) is 5.53. The van der Waals surface area contributed by atoms with E-state index in [4.69, 9.17) is 0 Å². The van der Waals surface area contributed by atoms with Crippen LogP contribution in [0.5, 0.6) is 0 Å². The van der Waals surface area contributed by atoms with Gasteiger partial charge in [0.1, 0.15) is 5.82 Å². The molecule has 0 radical (unpaired) electrons. The highest BCUT2D eigenvalue weighted by molar-refractivity contribution is 7.09. The maximum atomic E-state index is 4.48. The Hall–Kier alpha value is -1.20. The molecule has 2 rings (SSSR count). The fourth-order valence-corrected chi connectivity index (χ4v) is 3.10. The zero-order valence-corrected chi connectivity index (χ0v) is 12.7. The molecule has 104 valence electrons. The first-order chi connectivity index (χ1) is 9.26. The highest BCUT2D eigenvalue weighted by atomic mass is 32.1. The summed E-state index contributed by atoms with van der Waals surface area (Å²) in [5, 5.41) is 3.62. The van der Waals surface area contributed by atoms with Crippen LogP contribution in [0.15, 0.2) is 17.9 Å². The number of hydrogen-bond acceptors (Lipinski definition) is 4. The Labute approximate surface area is 118 Å². The fraction of sp³-hybridized carbons (Fsp3) is 0.571. The Morgan fingerprint density at radius 3 is 2.84 bits per heavy atom. The van der Waals surface area contributed by atoms with Gasteiger partial charge in [-0.25, -0.2) is 9.97 Å². The molecule has 5 heteroatoms. The smallest absolute Gasteiger partial charge is 0.110 e. The topological polar surface area (TPSA) is 42.7 Å². The summed E-state index contributed by atoms with van der Waals surface area (Å²) < 4.78 is 2.21. The summed E-state index contributed by atoms with van der Waals surface area (Å²) in [5.74, 6) is 1.14. The molecule has 0 fully saturated rings. The van der Waals surface area contributed by atoms with Crippen molar-refractivity contribution in [2.45, 2.75) is 46.2 Å². The first-order valence-corrected chi connectivity index (χ1v) is 7.77. The average Bonchev–Trinajstić information content (AvgIpc) is 3.03. The number of nitrogens with one attached hydrogen (secondary N) is 1. The van der Waals surface area contributed by atoms with Gasteiger partial charge in [0.25, 0.3) is 0 Å². The van der Waals surface area contributed by atoms with Crippen LogP contribution < -0.4 is 5.32 Å². The van der Waals surface area contributed by atoms with E-state index in [0.717, 1.165) is 37.4 Å². The van der Waals surface area contributed by atoms with Gasteiger partial charge in [0.2, 0.25) is 0 Å². The van der Waals surface area contributed by atoms with Crippen molar-refractivity contribution in [3.05, 3.63) is 34.3 Å². The summed E-state index contributed by atoms with van der Waals surface area (Å²) in [7, 11) is 0. The molecule has 0 saturated carbocycles. The predicted octanol–water partition coefficient (Wildman–Crippen LogP) is 2.95. The van der Waals surface area contributed by atoms with E-state index in [2.05, 4.69) is 40.6 Å². The molecule has 2 aromatic rings. The molecule has 2 heterocycles. The van der Waals surface area contributed by atoms with E-state index in [0.29, 0.717) is 6.04 Å². The quantitative estimate of drug-likeness (QED) is 0.846. The zero-order chi connectivity index (χ0) is 13.7. The number of thiazole rings is 1. The predicted molar refractivity (Wildman–Crippen MR) is 79.5 cm³/mol. The first kappa shape index (κ1) is 14.2. The monoisotopic (exact) mass is 278 g/mol. The minimum absolute atomic E-state index is 0.320. The van der Waals surface area contributed by atoms with Crippen molar-refractivity contribution in [3.63, 3.8) is 0 Å². The molecule has 2 aromatic heterocycles. The molecule has 0 spiro atoms. The van der Waals surface area contributed by atoms with Gasteiger partial charge in [-0.1, -0.05) is 6.92 Å². The first-order valence-electron chi connectivity index (χ1n) is 6.89. The maximum absolute atomic E-state index is 4.48. The third-order valence-electron chi connectivity index (χ3n) is 3.27. The van der Waals surface area contributed by atoms with E-state index in [9.17, 15) is 0 Å². The van der Waals surface area contributed by atoms with Crippen molar-refractivity contribution in [1.82, 2.24) is 19.9 Å². The molecule has 0 aliphatic carbocycles. The van der Waals surface area contributed by atoms with Gasteiger partial charge in [-0.15, -0.1) is 11.3 Å². The molecule has 0 aromatic carbocycles. The second-order valence-electron chi connectivity index (χ2n) is 4.64. The van der Waals surface area contributed by atoms with Crippen LogP contribution in [0.2, 0.25) is 0 Å². The summed E-state index contributed by atoms with van der Waals surface area (Å²) in [6.07, 6.45) is 5.99. The normalized spacial score (nSPS) is 12.8. The van der Waals surface area contributed by atoms with Gasteiger partial charge < -0.3 is 9.88 Å². The van der Waals surface area contributed by atoms with E-state index in [1.54, 1.807) is 11.3 Å². The number of nitrogens with zero attached hydrogens (tertiary/aromatic N) is 3. The number of hydrogen-bond donors (Lipinski definition) is 1. The molecular formula is C14H22N4S. The van der Waals surface area contributed by atoms with Crippen LogP contribution in [0.4, 0.5) is 0 Å². The summed E-state index contributed by atoms with van der Waals surface area (Å²) in [6.45, 7) is 8.42. The highest BCUT2D eigenvalue weighted by Gasteiger charge is 2.18. The molecule has 19 heavy (non-hydrogen) atoms. The summed E-state index contributed by atoms with van der Waals surface area (Å²) in [5.41, 5.74) is 3.06. The molecule has 0 bridgehead atoms. The molecule has 0 amide bonds. The minimum Gasteiger partial charge on any atom is -0.335 e. The van der Waals surface area contributed by atoms with E-state index < -0.39 is 0 Å². The van der Waals surface area contributed by atoms with Crippen molar-refractivity contribution in [2.24, 2.45) is 0 Å². The lowest BCUT2D eigenvalue weighted by Gasteiger charge is -2.18. The van der Waals surface area contributed by atoms with Crippen molar-refractivity contribution in [2.75, 3.05) is 6.54 Å². The second kappa shape index (κ2) is 6.82. The van der Waals surface area contributed by atoms with Gasteiger partial charge in [-0.2, -0.15) is 0 Å². The van der Waals surface area contributed by atoms with E-state index in [1.165, 1.54) is 4.88 Å². The number of aromatic nitrogens is 3. The van der Waals surface area contributed by atoms with Crippen molar-refractivity contribution in [3.8, 4) is 0 Å². The lowest BCUT2D eigenvalue weighted by Crippen LogP contribution is -2.25. The molecule has 4 nitrogen and oxygen atoms in total. The summed E-state index contributed by atoms with van der Waals surface area (Å²) >= 11 is 1.73. The Balaban J connectivity index is 2.17. The number of aryl methyl sites for hydroxylation is 2. The van der Waals surface area contributed by atoms with Crippen LogP contribution >= 0.6 is 11.3 Å². The fourth-order valence-electron chi connectivity index (χ4n) is 2.22. The lowest BCUT2D eigenvalue weighted by atomic mass is 10.1. The highest BCUT2D eigenvalue weighted by Crippen LogP contribution is 2.24.